The van der Waals surface area contributed by atoms with Gasteiger partial charge in [0.25, 0.3) is 0 Å². The standard InChI is InChI=1S/C15H22N2O.ClH/c1-15(2,3)11-7-4-5-8-12(11)17-14(18)13-9-6-10-16-13;/h4-5,7-8,13,16H,6,9-10H2,1-3H3,(H,17,18);1H. The molecule has 1 fully saturated rings. The van der Waals surface area contributed by atoms with Crippen LogP contribution in [0.2, 0.25) is 0 Å². The maximum Gasteiger partial charge on any atom is 0.241 e. The average molecular weight is 283 g/mol. The number of halogens is 1. The second kappa shape index (κ2) is 6.40. The zero-order valence-electron chi connectivity index (χ0n) is 11.8. The Morgan fingerprint density at radius 2 is 2.00 bits per heavy atom. The summed E-state index contributed by atoms with van der Waals surface area (Å²) in [7, 11) is 0. The first kappa shape index (κ1) is 16.0. The number of benzene rings is 1. The molecule has 1 saturated heterocycles. The quantitative estimate of drug-likeness (QED) is 0.875. The molecule has 3 nitrogen and oxygen atoms in total. The Kier molecular flexibility index (Phi) is 5.39. The fourth-order valence-corrected chi connectivity index (χ4v) is 2.37. The summed E-state index contributed by atoms with van der Waals surface area (Å²) < 4.78 is 0. The molecule has 2 N–H and O–H groups in total. The molecule has 4 heteroatoms. The van der Waals surface area contributed by atoms with Gasteiger partial charge in [-0.3, -0.25) is 4.79 Å². The molecular formula is C15H23ClN2O. The largest absolute Gasteiger partial charge is 0.324 e. The van der Waals surface area contributed by atoms with Crippen molar-refractivity contribution in [3.8, 4) is 0 Å². The van der Waals surface area contributed by atoms with Crippen LogP contribution < -0.4 is 10.6 Å². The van der Waals surface area contributed by atoms with Gasteiger partial charge in [0.2, 0.25) is 5.91 Å². The van der Waals surface area contributed by atoms with Crippen LogP contribution in [0.1, 0.15) is 39.2 Å². The maximum atomic E-state index is 12.1. The van der Waals surface area contributed by atoms with E-state index in [1.807, 2.05) is 18.2 Å². The van der Waals surface area contributed by atoms with Gasteiger partial charge >= 0.3 is 0 Å². The Labute approximate surface area is 121 Å². The third-order valence-corrected chi connectivity index (χ3v) is 3.37. The van der Waals surface area contributed by atoms with Gasteiger partial charge in [0.15, 0.2) is 0 Å². The van der Waals surface area contributed by atoms with Crippen LogP contribution in [0, 0.1) is 0 Å². The zero-order chi connectivity index (χ0) is 13.2. The number of carbonyl (C=O) groups is 1. The Bertz CT molecular complexity index is 434. The first-order chi connectivity index (χ1) is 8.48. The van der Waals surface area contributed by atoms with Crippen LogP contribution in [0.4, 0.5) is 5.69 Å². The predicted octanol–water partition coefficient (Wildman–Crippen LogP) is 3.10. The number of carbonyl (C=O) groups excluding carboxylic acids is 1. The van der Waals surface area contributed by atoms with Crippen molar-refractivity contribution >= 4 is 24.0 Å². The third-order valence-electron chi connectivity index (χ3n) is 3.37. The molecule has 1 heterocycles. The molecule has 106 valence electrons. The Balaban J connectivity index is 0.00000180. The van der Waals surface area contributed by atoms with Gasteiger partial charge in [-0.05, 0) is 36.4 Å². The van der Waals surface area contributed by atoms with Gasteiger partial charge in [-0.15, -0.1) is 12.4 Å². The van der Waals surface area contributed by atoms with E-state index in [4.69, 9.17) is 0 Å². The lowest BCUT2D eigenvalue weighted by Gasteiger charge is -2.23. The third kappa shape index (κ3) is 3.95. The minimum absolute atomic E-state index is 0. The summed E-state index contributed by atoms with van der Waals surface area (Å²) >= 11 is 0. The lowest BCUT2D eigenvalue weighted by Crippen LogP contribution is -2.36. The molecule has 0 aromatic heterocycles. The molecular weight excluding hydrogens is 260 g/mol. The highest BCUT2D eigenvalue weighted by atomic mass is 35.5. The zero-order valence-corrected chi connectivity index (χ0v) is 12.6. The maximum absolute atomic E-state index is 12.1. The highest BCUT2D eigenvalue weighted by molar-refractivity contribution is 5.95. The fraction of sp³-hybridized carbons (Fsp3) is 0.533. The highest BCUT2D eigenvalue weighted by Gasteiger charge is 2.24. The molecule has 1 atom stereocenters. The SMILES string of the molecule is CC(C)(C)c1ccccc1NC(=O)C1CCCN1.Cl. The van der Waals surface area contributed by atoms with Gasteiger partial charge in [-0.1, -0.05) is 39.0 Å². The summed E-state index contributed by atoms with van der Waals surface area (Å²) in [6.45, 7) is 7.42. The molecule has 0 bridgehead atoms. The van der Waals surface area contributed by atoms with E-state index < -0.39 is 0 Å². The van der Waals surface area contributed by atoms with Crippen LogP contribution in [-0.2, 0) is 10.2 Å². The fourth-order valence-electron chi connectivity index (χ4n) is 2.37. The topological polar surface area (TPSA) is 41.1 Å². The van der Waals surface area contributed by atoms with Gasteiger partial charge in [-0.2, -0.15) is 0 Å². The van der Waals surface area contributed by atoms with Crippen LogP contribution in [0.5, 0.6) is 0 Å². The van der Waals surface area contributed by atoms with Crippen LogP contribution in [-0.4, -0.2) is 18.5 Å². The summed E-state index contributed by atoms with van der Waals surface area (Å²) in [5, 5.41) is 6.28. The highest BCUT2D eigenvalue weighted by Crippen LogP contribution is 2.29. The number of anilines is 1. The Morgan fingerprint density at radius 3 is 2.58 bits per heavy atom. The molecule has 2 rings (SSSR count). The molecule has 19 heavy (non-hydrogen) atoms. The summed E-state index contributed by atoms with van der Waals surface area (Å²) in [4.78, 5) is 12.1. The molecule has 0 saturated carbocycles. The van der Waals surface area contributed by atoms with Crippen molar-refractivity contribution in [1.82, 2.24) is 5.32 Å². The smallest absolute Gasteiger partial charge is 0.241 e. The molecule has 0 radical (unpaired) electrons. The van der Waals surface area contributed by atoms with Crippen molar-refractivity contribution in [2.24, 2.45) is 0 Å². The van der Waals surface area contributed by atoms with E-state index in [2.05, 4.69) is 37.5 Å². The van der Waals surface area contributed by atoms with Crippen LogP contribution in [0.3, 0.4) is 0 Å². The molecule has 1 aromatic rings. The first-order valence-corrected chi connectivity index (χ1v) is 6.62. The molecule has 1 aliphatic heterocycles. The number of rotatable bonds is 2. The first-order valence-electron chi connectivity index (χ1n) is 6.62. The van der Waals surface area contributed by atoms with E-state index >= 15 is 0 Å². The van der Waals surface area contributed by atoms with Gasteiger partial charge in [0, 0.05) is 5.69 Å². The van der Waals surface area contributed by atoms with Gasteiger partial charge in [0.05, 0.1) is 6.04 Å². The monoisotopic (exact) mass is 282 g/mol. The molecule has 1 aliphatic rings. The Morgan fingerprint density at radius 1 is 1.32 bits per heavy atom. The molecule has 1 unspecified atom stereocenters. The number of hydrogen-bond donors (Lipinski definition) is 2. The number of nitrogens with one attached hydrogen (secondary N) is 2. The van der Waals surface area contributed by atoms with Crippen molar-refractivity contribution in [2.45, 2.75) is 45.1 Å². The van der Waals surface area contributed by atoms with E-state index in [1.165, 1.54) is 5.56 Å². The van der Waals surface area contributed by atoms with Crippen molar-refractivity contribution in [3.63, 3.8) is 0 Å². The number of amides is 1. The summed E-state index contributed by atoms with van der Waals surface area (Å²) in [5.41, 5.74) is 2.15. The van der Waals surface area contributed by atoms with Gasteiger partial charge in [-0.25, -0.2) is 0 Å². The van der Waals surface area contributed by atoms with E-state index in [9.17, 15) is 4.79 Å². The molecule has 1 amide bonds. The predicted molar refractivity (Wildman–Crippen MR) is 82.0 cm³/mol. The molecule has 0 spiro atoms. The van der Waals surface area contributed by atoms with Gasteiger partial charge in [0.1, 0.15) is 0 Å². The van der Waals surface area contributed by atoms with Crippen molar-refractivity contribution < 1.29 is 4.79 Å². The van der Waals surface area contributed by atoms with Crippen LogP contribution >= 0.6 is 12.4 Å². The number of para-hydroxylation sites is 1. The van der Waals surface area contributed by atoms with E-state index in [0.717, 1.165) is 25.1 Å². The second-order valence-electron chi connectivity index (χ2n) is 5.93. The van der Waals surface area contributed by atoms with Crippen molar-refractivity contribution in [2.75, 3.05) is 11.9 Å². The lowest BCUT2D eigenvalue weighted by atomic mass is 9.86. The van der Waals surface area contributed by atoms with E-state index in [1.54, 1.807) is 0 Å². The van der Waals surface area contributed by atoms with Crippen LogP contribution in [0.25, 0.3) is 0 Å². The van der Waals surface area contributed by atoms with Crippen LogP contribution in [0.15, 0.2) is 24.3 Å². The Hall–Kier alpha value is -1.06. The summed E-state index contributed by atoms with van der Waals surface area (Å²) in [6, 6.07) is 8.01. The summed E-state index contributed by atoms with van der Waals surface area (Å²) in [6.07, 6.45) is 2.02. The minimum atomic E-state index is -0.0296. The van der Waals surface area contributed by atoms with Crippen molar-refractivity contribution in [3.05, 3.63) is 29.8 Å². The van der Waals surface area contributed by atoms with E-state index in [-0.39, 0.29) is 29.8 Å². The van der Waals surface area contributed by atoms with Gasteiger partial charge < -0.3 is 10.6 Å². The summed E-state index contributed by atoms with van der Waals surface area (Å²) in [5.74, 6) is 0.0872. The second-order valence-corrected chi connectivity index (χ2v) is 5.93. The molecule has 0 aliphatic carbocycles. The normalized spacial score (nSPS) is 18.8. The minimum Gasteiger partial charge on any atom is -0.324 e. The molecule has 1 aromatic carbocycles. The average Bonchev–Trinajstić information content (AvgIpc) is 2.81. The van der Waals surface area contributed by atoms with Crippen molar-refractivity contribution in [1.29, 1.82) is 0 Å². The lowest BCUT2D eigenvalue weighted by molar-refractivity contribution is -0.117. The van der Waals surface area contributed by atoms with E-state index in [0.29, 0.717) is 0 Å². The number of hydrogen-bond acceptors (Lipinski definition) is 2.